The molecule has 0 radical (unpaired) electrons. The third kappa shape index (κ3) is 2.24. The highest BCUT2D eigenvalue weighted by molar-refractivity contribution is 5.67. The molecule has 2 aliphatic rings. The van der Waals surface area contributed by atoms with Crippen LogP contribution in [0.4, 0.5) is 0 Å². The van der Waals surface area contributed by atoms with Gasteiger partial charge in [-0.25, -0.2) is 0 Å². The maximum absolute atomic E-state index is 10.9. The molecule has 1 fully saturated rings. The van der Waals surface area contributed by atoms with E-state index in [9.17, 15) is 4.79 Å². The fraction of sp³-hybridized carbons (Fsp3) is 0.769. The Morgan fingerprint density at radius 1 is 1.53 bits per heavy atom. The fourth-order valence-corrected chi connectivity index (χ4v) is 3.11. The number of hydrogen-bond donors (Lipinski definition) is 0. The summed E-state index contributed by atoms with van der Waals surface area (Å²) in [5.74, 6) is 1.54. The summed E-state index contributed by atoms with van der Waals surface area (Å²) < 4.78 is 5.23. The molecule has 0 heterocycles. The van der Waals surface area contributed by atoms with Crippen LogP contribution >= 0.6 is 0 Å². The van der Waals surface area contributed by atoms with Gasteiger partial charge in [0.1, 0.15) is 5.76 Å². The minimum absolute atomic E-state index is 0.181. The van der Waals surface area contributed by atoms with E-state index < -0.39 is 0 Å². The number of hydrogen-bond acceptors (Lipinski definition) is 2. The lowest BCUT2D eigenvalue weighted by Gasteiger charge is -2.44. The van der Waals surface area contributed by atoms with Crippen LogP contribution < -0.4 is 0 Å². The third-order valence-electron chi connectivity index (χ3n) is 4.02. The van der Waals surface area contributed by atoms with Crippen LogP contribution in [-0.4, -0.2) is 5.97 Å². The van der Waals surface area contributed by atoms with Gasteiger partial charge in [-0.3, -0.25) is 4.79 Å². The minimum atomic E-state index is -0.181. The zero-order valence-corrected chi connectivity index (χ0v) is 9.71. The summed E-state index contributed by atoms with van der Waals surface area (Å²) in [5, 5.41) is 0. The van der Waals surface area contributed by atoms with E-state index in [1.54, 1.807) is 0 Å². The van der Waals surface area contributed by atoms with Gasteiger partial charge in [-0.1, -0.05) is 19.8 Å². The average Bonchev–Trinajstić information content (AvgIpc) is 2.15. The zero-order chi connectivity index (χ0) is 10.9. The molecule has 0 aromatic carbocycles. The number of carbonyl (C=O) groups excluding carboxylic acids is 1. The standard InChI is InChI=1S/C13H20O2/c1-10(14)15-12-7-6-11-5-3-4-8-13(11,2)9-12/h7,11H,3-6,8-9H2,1-2H3/t11-,13-/m1/s1. The molecule has 2 aliphatic carbocycles. The molecule has 0 aliphatic heterocycles. The number of carbonyl (C=O) groups is 1. The third-order valence-corrected chi connectivity index (χ3v) is 4.02. The maximum atomic E-state index is 10.9. The predicted octanol–water partition coefficient (Wildman–Crippen LogP) is 3.42. The molecule has 2 heteroatoms. The van der Waals surface area contributed by atoms with Gasteiger partial charge in [0.2, 0.25) is 0 Å². The number of esters is 1. The molecule has 0 N–H and O–H groups in total. The molecule has 0 aromatic heterocycles. The summed E-state index contributed by atoms with van der Waals surface area (Å²) in [4.78, 5) is 10.9. The highest BCUT2D eigenvalue weighted by Gasteiger charge is 2.39. The molecular formula is C13H20O2. The Labute approximate surface area is 91.7 Å². The van der Waals surface area contributed by atoms with Gasteiger partial charge in [0.05, 0.1) is 0 Å². The molecule has 84 valence electrons. The molecule has 0 aromatic rings. The molecule has 1 saturated carbocycles. The van der Waals surface area contributed by atoms with E-state index in [-0.39, 0.29) is 5.97 Å². The van der Waals surface area contributed by atoms with Crippen LogP contribution in [0.15, 0.2) is 11.8 Å². The SMILES string of the molecule is CC(=O)OC1=CC[C@H]2CCCC[C@]2(C)C1. The Morgan fingerprint density at radius 3 is 3.07 bits per heavy atom. The summed E-state index contributed by atoms with van der Waals surface area (Å²) in [6, 6.07) is 0. The first kappa shape index (κ1) is 10.7. The molecule has 0 amide bonds. The van der Waals surface area contributed by atoms with Crippen molar-refractivity contribution in [3.63, 3.8) is 0 Å². The molecule has 2 atom stereocenters. The van der Waals surface area contributed by atoms with Gasteiger partial charge >= 0.3 is 5.97 Å². The van der Waals surface area contributed by atoms with Crippen LogP contribution in [0.3, 0.4) is 0 Å². The molecule has 0 spiro atoms. The Balaban J connectivity index is 2.08. The van der Waals surface area contributed by atoms with Gasteiger partial charge < -0.3 is 4.74 Å². The van der Waals surface area contributed by atoms with Crippen molar-refractivity contribution in [2.75, 3.05) is 0 Å². The average molecular weight is 208 g/mol. The second-order valence-corrected chi connectivity index (χ2v) is 5.27. The first-order valence-corrected chi connectivity index (χ1v) is 5.98. The van der Waals surface area contributed by atoms with E-state index in [2.05, 4.69) is 13.0 Å². The molecule has 0 saturated heterocycles. The number of allylic oxidation sites excluding steroid dienone is 2. The van der Waals surface area contributed by atoms with Crippen molar-refractivity contribution in [3.05, 3.63) is 11.8 Å². The molecule has 15 heavy (non-hydrogen) atoms. The lowest BCUT2D eigenvalue weighted by atomic mass is 9.62. The largest absolute Gasteiger partial charge is 0.432 e. The van der Waals surface area contributed by atoms with Gasteiger partial charge in [0.15, 0.2) is 0 Å². The Hall–Kier alpha value is -0.790. The lowest BCUT2D eigenvalue weighted by Crippen LogP contribution is -2.34. The van der Waals surface area contributed by atoms with Crippen molar-refractivity contribution in [3.8, 4) is 0 Å². The fourth-order valence-electron chi connectivity index (χ4n) is 3.11. The molecular weight excluding hydrogens is 188 g/mol. The minimum Gasteiger partial charge on any atom is -0.432 e. The van der Waals surface area contributed by atoms with E-state index in [0.717, 1.165) is 24.5 Å². The lowest BCUT2D eigenvalue weighted by molar-refractivity contribution is -0.137. The van der Waals surface area contributed by atoms with Gasteiger partial charge in [0, 0.05) is 13.3 Å². The summed E-state index contributed by atoms with van der Waals surface area (Å²) >= 11 is 0. The number of ether oxygens (including phenoxy) is 1. The van der Waals surface area contributed by atoms with E-state index in [1.807, 2.05) is 0 Å². The van der Waals surface area contributed by atoms with Crippen molar-refractivity contribution >= 4 is 5.97 Å². The van der Waals surface area contributed by atoms with Crippen LogP contribution in [0, 0.1) is 11.3 Å². The second kappa shape index (κ2) is 3.99. The van der Waals surface area contributed by atoms with E-state index in [4.69, 9.17) is 4.74 Å². The number of rotatable bonds is 1. The van der Waals surface area contributed by atoms with Crippen molar-refractivity contribution < 1.29 is 9.53 Å². The summed E-state index contributed by atoms with van der Waals surface area (Å²) in [6.07, 6.45) is 9.52. The monoisotopic (exact) mass is 208 g/mol. The second-order valence-electron chi connectivity index (χ2n) is 5.27. The molecule has 0 bridgehead atoms. The normalized spacial score (nSPS) is 35.3. The molecule has 2 nitrogen and oxygen atoms in total. The highest BCUT2D eigenvalue weighted by Crippen LogP contribution is 2.49. The van der Waals surface area contributed by atoms with Crippen molar-refractivity contribution in [2.45, 2.75) is 52.4 Å². The van der Waals surface area contributed by atoms with Crippen molar-refractivity contribution in [1.82, 2.24) is 0 Å². The molecule has 0 unspecified atom stereocenters. The van der Waals surface area contributed by atoms with Crippen LogP contribution in [-0.2, 0) is 9.53 Å². The van der Waals surface area contributed by atoms with Gasteiger partial charge in [-0.2, -0.15) is 0 Å². The maximum Gasteiger partial charge on any atom is 0.307 e. The van der Waals surface area contributed by atoms with E-state index >= 15 is 0 Å². The van der Waals surface area contributed by atoms with E-state index in [1.165, 1.54) is 32.6 Å². The van der Waals surface area contributed by atoms with Crippen LogP contribution in [0.2, 0.25) is 0 Å². The van der Waals surface area contributed by atoms with Gasteiger partial charge in [-0.15, -0.1) is 0 Å². The topological polar surface area (TPSA) is 26.3 Å². The van der Waals surface area contributed by atoms with Crippen LogP contribution in [0.25, 0.3) is 0 Å². The Morgan fingerprint density at radius 2 is 2.33 bits per heavy atom. The van der Waals surface area contributed by atoms with Gasteiger partial charge in [0.25, 0.3) is 0 Å². The summed E-state index contributed by atoms with van der Waals surface area (Å²) in [6.45, 7) is 3.84. The zero-order valence-electron chi connectivity index (χ0n) is 9.71. The number of fused-ring (bicyclic) bond motifs is 1. The quantitative estimate of drug-likeness (QED) is 0.617. The highest BCUT2D eigenvalue weighted by atomic mass is 16.5. The van der Waals surface area contributed by atoms with Crippen LogP contribution in [0.5, 0.6) is 0 Å². The molecule has 2 rings (SSSR count). The van der Waals surface area contributed by atoms with E-state index in [0.29, 0.717) is 5.41 Å². The van der Waals surface area contributed by atoms with Crippen LogP contribution in [0.1, 0.15) is 52.4 Å². The Bertz CT molecular complexity index is 293. The van der Waals surface area contributed by atoms with Crippen molar-refractivity contribution in [2.24, 2.45) is 11.3 Å². The van der Waals surface area contributed by atoms with Crippen molar-refractivity contribution in [1.29, 1.82) is 0 Å². The predicted molar refractivity (Wildman–Crippen MR) is 59.1 cm³/mol. The first-order valence-electron chi connectivity index (χ1n) is 5.98. The first-order chi connectivity index (χ1) is 7.10. The summed E-state index contributed by atoms with van der Waals surface area (Å²) in [5.41, 5.74) is 0.387. The van der Waals surface area contributed by atoms with Gasteiger partial charge in [-0.05, 0) is 36.7 Å². The smallest absolute Gasteiger partial charge is 0.307 e. The summed E-state index contributed by atoms with van der Waals surface area (Å²) in [7, 11) is 0. The Kier molecular flexibility index (Phi) is 2.85.